The predicted molar refractivity (Wildman–Crippen MR) is 140 cm³/mol. The highest BCUT2D eigenvalue weighted by Gasteiger charge is 2.22. The van der Waals surface area contributed by atoms with E-state index in [0.717, 1.165) is 32.7 Å². The molecule has 0 saturated carbocycles. The predicted octanol–water partition coefficient (Wildman–Crippen LogP) is 6.24. The molecule has 3 heteroatoms. The van der Waals surface area contributed by atoms with Crippen molar-refractivity contribution in [1.82, 2.24) is 0 Å². The average Bonchev–Trinajstić information content (AvgIpc) is 2.85. The van der Waals surface area contributed by atoms with Gasteiger partial charge in [0.15, 0.2) is 0 Å². The number of hydrogen-bond acceptors (Lipinski definition) is 2. The molecule has 0 fully saturated rings. The minimum atomic E-state index is -1.54. The number of rotatable bonds is 2. The molecule has 0 aliphatic carbocycles. The normalized spacial score (nSPS) is 11.9. The van der Waals surface area contributed by atoms with Gasteiger partial charge >= 0.3 is 7.12 Å². The van der Waals surface area contributed by atoms with Gasteiger partial charge in [-0.25, -0.2) is 0 Å². The van der Waals surface area contributed by atoms with Crippen LogP contribution in [0.25, 0.3) is 65.0 Å². The highest BCUT2D eigenvalue weighted by molar-refractivity contribution is 6.66. The van der Waals surface area contributed by atoms with Gasteiger partial charge in [0.25, 0.3) is 0 Å². The van der Waals surface area contributed by atoms with E-state index in [4.69, 9.17) is 0 Å². The Morgan fingerprint density at radius 3 is 1.42 bits per heavy atom. The molecule has 0 bridgehead atoms. The molecule has 2 nitrogen and oxygen atoms in total. The van der Waals surface area contributed by atoms with Crippen molar-refractivity contribution in [2.45, 2.75) is 0 Å². The first-order valence-corrected chi connectivity index (χ1v) is 11.2. The van der Waals surface area contributed by atoms with E-state index in [9.17, 15) is 10.0 Å². The smallest absolute Gasteiger partial charge is 0.423 e. The minimum Gasteiger partial charge on any atom is -0.423 e. The van der Waals surface area contributed by atoms with Gasteiger partial charge in [0.1, 0.15) is 0 Å². The summed E-state index contributed by atoms with van der Waals surface area (Å²) in [6.07, 6.45) is 0. The van der Waals surface area contributed by atoms with Gasteiger partial charge in [0.2, 0.25) is 0 Å². The van der Waals surface area contributed by atoms with Crippen molar-refractivity contribution < 1.29 is 10.0 Å². The number of benzene rings is 7. The molecule has 7 aromatic carbocycles. The highest BCUT2D eigenvalue weighted by Crippen LogP contribution is 2.41. The molecule has 0 amide bonds. The van der Waals surface area contributed by atoms with Crippen LogP contribution in [-0.2, 0) is 0 Å². The van der Waals surface area contributed by atoms with E-state index in [1.54, 1.807) is 0 Å². The van der Waals surface area contributed by atoms with Crippen LogP contribution in [0.15, 0.2) is 103 Å². The fraction of sp³-hybridized carbons (Fsp3) is 0. The third kappa shape index (κ3) is 2.58. The van der Waals surface area contributed by atoms with Crippen molar-refractivity contribution in [2.24, 2.45) is 0 Å². The van der Waals surface area contributed by atoms with E-state index in [0.29, 0.717) is 5.46 Å². The molecule has 0 aliphatic heterocycles. The quantitative estimate of drug-likeness (QED) is 0.197. The van der Waals surface area contributed by atoms with Crippen molar-refractivity contribution in [3.63, 3.8) is 0 Å². The van der Waals surface area contributed by atoms with E-state index < -0.39 is 7.12 Å². The van der Waals surface area contributed by atoms with E-state index in [2.05, 4.69) is 66.7 Å². The fourth-order valence-electron chi connectivity index (χ4n) is 5.65. The summed E-state index contributed by atoms with van der Waals surface area (Å²) in [6, 6.07) is 35.9. The lowest BCUT2D eigenvalue weighted by molar-refractivity contribution is 0.426. The Kier molecular flexibility index (Phi) is 3.83. The van der Waals surface area contributed by atoms with Crippen LogP contribution in [0.4, 0.5) is 0 Å². The Morgan fingerprint density at radius 1 is 0.455 bits per heavy atom. The molecule has 0 radical (unpaired) electrons. The maximum Gasteiger partial charge on any atom is 0.489 e. The molecule has 154 valence electrons. The van der Waals surface area contributed by atoms with Gasteiger partial charge in [-0.2, -0.15) is 0 Å². The topological polar surface area (TPSA) is 40.5 Å². The molecule has 0 unspecified atom stereocenters. The average molecular weight is 422 g/mol. The largest absolute Gasteiger partial charge is 0.489 e. The van der Waals surface area contributed by atoms with Crippen LogP contribution >= 0.6 is 0 Å². The van der Waals surface area contributed by atoms with Crippen molar-refractivity contribution in [3.8, 4) is 11.1 Å². The van der Waals surface area contributed by atoms with Gasteiger partial charge in [-0.05, 0) is 82.6 Å². The van der Waals surface area contributed by atoms with Crippen LogP contribution in [0.5, 0.6) is 0 Å². The Hall–Kier alpha value is -3.92. The van der Waals surface area contributed by atoms with E-state index >= 15 is 0 Å². The summed E-state index contributed by atoms with van der Waals surface area (Å²) < 4.78 is 0. The van der Waals surface area contributed by atoms with Gasteiger partial charge in [0, 0.05) is 0 Å². The van der Waals surface area contributed by atoms with Crippen molar-refractivity contribution in [3.05, 3.63) is 103 Å². The van der Waals surface area contributed by atoms with Crippen LogP contribution < -0.4 is 5.46 Å². The second-order valence-electron chi connectivity index (χ2n) is 8.76. The summed E-state index contributed by atoms with van der Waals surface area (Å²) in [4.78, 5) is 0. The van der Waals surface area contributed by atoms with Crippen LogP contribution in [0.3, 0.4) is 0 Å². The van der Waals surface area contributed by atoms with Gasteiger partial charge < -0.3 is 10.0 Å². The summed E-state index contributed by atoms with van der Waals surface area (Å²) in [6.45, 7) is 0. The third-order valence-corrected chi connectivity index (χ3v) is 6.98. The molecule has 33 heavy (non-hydrogen) atoms. The lowest BCUT2D eigenvalue weighted by Crippen LogP contribution is -2.31. The van der Waals surface area contributed by atoms with Crippen molar-refractivity contribution >= 4 is 66.4 Å². The molecular formula is C30H19BO2. The maximum absolute atomic E-state index is 10.3. The molecule has 0 aliphatic rings. The van der Waals surface area contributed by atoms with E-state index in [-0.39, 0.29) is 0 Å². The van der Waals surface area contributed by atoms with Gasteiger partial charge in [0.05, 0.1) is 0 Å². The molecule has 7 aromatic rings. The minimum absolute atomic E-state index is 0.558. The molecule has 0 saturated heterocycles. The zero-order chi connectivity index (χ0) is 22.1. The first-order chi connectivity index (χ1) is 16.2. The van der Waals surface area contributed by atoms with Crippen LogP contribution in [0.2, 0.25) is 0 Å². The Bertz CT molecular complexity index is 1730. The molecule has 0 heterocycles. The first kappa shape index (κ1) is 18.6. The molecule has 0 atom stereocenters. The van der Waals surface area contributed by atoms with Crippen molar-refractivity contribution in [1.29, 1.82) is 0 Å². The van der Waals surface area contributed by atoms with Gasteiger partial charge in [-0.1, -0.05) is 91.0 Å². The summed E-state index contributed by atoms with van der Waals surface area (Å²) in [5.74, 6) is 0. The fourth-order valence-corrected chi connectivity index (χ4v) is 5.65. The third-order valence-electron chi connectivity index (χ3n) is 6.98. The lowest BCUT2D eigenvalue weighted by atomic mass is 9.72. The van der Waals surface area contributed by atoms with E-state index in [1.807, 2.05) is 36.4 Å². The zero-order valence-corrected chi connectivity index (χ0v) is 17.8. The SMILES string of the molecule is OB(O)c1c2ccccc2c(-c2cc3ccc4cccc5ccc(c2)c3c45)c2ccccc12. The highest BCUT2D eigenvalue weighted by atomic mass is 16.4. The van der Waals surface area contributed by atoms with Crippen molar-refractivity contribution in [2.75, 3.05) is 0 Å². The Labute approximate surface area is 190 Å². The Balaban J connectivity index is 1.66. The van der Waals surface area contributed by atoms with Gasteiger partial charge in [-0.15, -0.1) is 0 Å². The molecule has 0 aromatic heterocycles. The van der Waals surface area contributed by atoms with Crippen LogP contribution in [0.1, 0.15) is 0 Å². The summed E-state index contributed by atoms with van der Waals surface area (Å²) in [5, 5.41) is 31.8. The molecule has 7 rings (SSSR count). The maximum atomic E-state index is 10.3. The molecular weight excluding hydrogens is 403 g/mol. The second-order valence-corrected chi connectivity index (χ2v) is 8.76. The standard InChI is InChI=1S/C30H19BO2/c32-31(33)30-25-10-3-1-8-23(25)29(24-9-2-4-11-26(24)30)22-16-20-14-12-18-6-5-7-19-13-15-21(17-22)28(20)27(18)19/h1-17,32-33H. The van der Waals surface area contributed by atoms with E-state index in [1.165, 1.54) is 32.3 Å². The number of fused-ring (bicyclic) bond motifs is 2. The lowest BCUT2D eigenvalue weighted by Gasteiger charge is -2.18. The number of hydrogen-bond donors (Lipinski definition) is 2. The van der Waals surface area contributed by atoms with Crippen LogP contribution in [-0.4, -0.2) is 17.2 Å². The molecule has 0 spiro atoms. The van der Waals surface area contributed by atoms with Crippen LogP contribution in [0, 0.1) is 0 Å². The Morgan fingerprint density at radius 2 is 0.909 bits per heavy atom. The summed E-state index contributed by atoms with van der Waals surface area (Å²) in [7, 11) is -1.54. The summed E-state index contributed by atoms with van der Waals surface area (Å²) >= 11 is 0. The van der Waals surface area contributed by atoms with Gasteiger partial charge in [-0.3, -0.25) is 0 Å². The second kappa shape index (κ2) is 6.79. The molecule has 2 N–H and O–H groups in total. The zero-order valence-electron chi connectivity index (χ0n) is 17.8. The monoisotopic (exact) mass is 422 g/mol. The first-order valence-electron chi connectivity index (χ1n) is 11.2. The summed E-state index contributed by atoms with van der Waals surface area (Å²) in [5.41, 5.74) is 2.81.